The second kappa shape index (κ2) is 5.68. The maximum Gasteiger partial charge on any atom is 0.232 e. The highest BCUT2D eigenvalue weighted by Gasteiger charge is 2.38. The first-order valence-electron chi connectivity index (χ1n) is 8.26. The van der Waals surface area contributed by atoms with E-state index in [1.54, 1.807) is 0 Å². The standard InChI is InChI=1S/C17H20N4O2/c22-15-9-11(10-21(15)12-5-1-2-6-12)16(23)20-17-18-13-7-3-4-8-14(13)19-17/h3-4,7-8,11-12H,1-2,5-6,9-10H2,(H2,18,19,20,23). The van der Waals surface area contributed by atoms with Crippen molar-refractivity contribution in [3.63, 3.8) is 0 Å². The first-order chi connectivity index (χ1) is 11.2. The van der Waals surface area contributed by atoms with E-state index >= 15 is 0 Å². The lowest BCUT2D eigenvalue weighted by Crippen LogP contribution is -2.35. The second-order valence-corrected chi connectivity index (χ2v) is 6.48. The second-order valence-electron chi connectivity index (χ2n) is 6.48. The highest BCUT2D eigenvalue weighted by atomic mass is 16.2. The minimum atomic E-state index is -0.281. The van der Waals surface area contributed by atoms with Crippen LogP contribution >= 0.6 is 0 Å². The molecule has 6 heteroatoms. The van der Waals surface area contributed by atoms with E-state index in [4.69, 9.17) is 0 Å². The topological polar surface area (TPSA) is 78.1 Å². The Labute approximate surface area is 134 Å². The van der Waals surface area contributed by atoms with Crippen LogP contribution in [0.1, 0.15) is 32.1 Å². The number of H-pyrrole nitrogens is 1. The van der Waals surface area contributed by atoms with E-state index in [1.165, 1.54) is 12.8 Å². The van der Waals surface area contributed by atoms with Crippen molar-refractivity contribution in [2.45, 2.75) is 38.1 Å². The molecule has 1 saturated carbocycles. The fourth-order valence-corrected chi connectivity index (χ4v) is 3.71. The summed E-state index contributed by atoms with van der Waals surface area (Å²) in [6.07, 6.45) is 4.82. The first kappa shape index (κ1) is 14.2. The molecule has 0 radical (unpaired) electrons. The van der Waals surface area contributed by atoms with Gasteiger partial charge in [-0.15, -0.1) is 0 Å². The molecule has 2 N–H and O–H groups in total. The number of aromatic amines is 1. The molecule has 1 saturated heterocycles. The van der Waals surface area contributed by atoms with Gasteiger partial charge in [0.15, 0.2) is 0 Å². The normalized spacial score (nSPS) is 22.2. The Morgan fingerprint density at radius 3 is 2.83 bits per heavy atom. The number of nitrogens with one attached hydrogen (secondary N) is 2. The lowest BCUT2D eigenvalue weighted by Gasteiger charge is -2.23. The number of imidazole rings is 1. The zero-order valence-electron chi connectivity index (χ0n) is 12.9. The van der Waals surface area contributed by atoms with Crippen LogP contribution in [0.5, 0.6) is 0 Å². The minimum absolute atomic E-state index is 0.113. The summed E-state index contributed by atoms with van der Waals surface area (Å²) >= 11 is 0. The Balaban J connectivity index is 1.44. The van der Waals surface area contributed by atoms with Gasteiger partial charge >= 0.3 is 0 Å². The number of amides is 2. The molecule has 4 rings (SSSR count). The summed E-state index contributed by atoms with van der Waals surface area (Å²) in [5.41, 5.74) is 1.70. The largest absolute Gasteiger partial charge is 0.339 e. The van der Waals surface area contributed by atoms with Crippen LogP contribution in [-0.2, 0) is 9.59 Å². The zero-order chi connectivity index (χ0) is 15.8. The van der Waals surface area contributed by atoms with Crippen molar-refractivity contribution < 1.29 is 9.59 Å². The van der Waals surface area contributed by atoms with E-state index < -0.39 is 0 Å². The van der Waals surface area contributed by atoms with Crippen LogP contribution < -0.4 is 5.32 Å². The van der Waals surface area contributed by atoms with E-state index in [2.05, 4.69) is 15.3 Å². The molecule has 2 heterocycles. The van der Waals surface area contributed by atoms with Crippen LogP contribution in [0.3, 0.4) is 0 Å². The van der Waals surface area contributed by atoms with Gasteiger partial charge in [0.2, 0.25) is 17.8 Å². The third kappa shape index (κ3) is 2.69. The number of hydrogen-bond donors (Lipinski definition) is 2. The molecule has 1 aromatic carbocycles. The summed E-state index contributed by atoms with van der Waals surface area (Å²) in [4.78, 5) is 34.0. The number of carbonyl (C=O) groups is 2. The fraction of sp³-hybridized carbons (Fsp3) is 0.471. The Hall–Kier alpha value is -2.37. The first-order valence-corrected chi connectivity index (χ1v) is 8.26. The molecule has 2 amide bonds. The van der Waals surface area contributed by atoms with E-state index in [0.29, 0.717) is 25.0 Å². The molecule has 1 aliphatic carbocycles. The number of nitrogens with zero attached hydrogens (tertiary/aromatic N) is 2. The Bertz CT molecular complexity index is 715. The van der Waals surface area contributed by atoms with Crippen LogP contribution in [0.15, 0.2) is 24.3 Å². The highest BCUT2D eigenvalue weighted by Crippen LogP contribution is 2.29. The third-order valence-electron chi connectivity index (χ3n) is 4.93. The Kier molecular flexibility index (Phi) is 3.52. The molecule has 2 fully saturated rings. The predicted octanol–water partition coefficient (Wildman–Crippen LogP) is 2.29. The zero-order valence-corrected chi connectivity index (χ0v) is 12.9. The number of carbonyl (C=O) groups excluding carboxylic acids is 2. The molecule has 2 aromatic rings. The number of benzene rings is 1. The van der Waals surface area contributed by atoms with Gasteiger partial charge in [0.1, 0.15) is 0 Å². The van der Waals surface area contributed by atoms with Crippen LogP contribution in [0.25, 0.3) is 11.0 Å². The average molecular weight is 312 g/mol. The van der Waals surface area contributed by atoms with Gasteiger partial charge in [-0.3, -0.25) is 14.9 Å². The van der Waals surface area contributed by atoms with Gasteiger partial charge in [-0.25, -0.2) is 4.98 Å². The van der Waals surface area contributed by atoms with Crippen molar-refractivity contribution >= 4 is 28.8 Å². The summed E-state index contributed by atoms with van der Waals surface area (Å²) in [6.45, 7) is 0.537. The van der Waals surface area contributed by atoms with Gasteiger partial charge < -0.3 is 9.88 Å². The molecule has 23 heavy (non-hydrogen) atoms. The number of anilines is 1. The number of fused-ring (bicyclic) bond motifs is 1. The van der Waals surface area contributed by atoms with Crippen molar-refractivity contribution in [1.29, 1.82) is 0 Å². The van der Waals surface area contributed by atoms with Crippen molar-refractivity contribution in [3.05, 3.63) is 24.3 Å². The molecule has 1 aliphatic heterocycles. The van der Waals surface area contributed by atoms with Crippen molar-refractivity contribution in [2.75, 3.05) is 11.9 Å². The Morgan fingerprint density at radius 1 is 1.26 bits per heavy atom. The number of likely N-dealkylation sites (tertiary alicyclic amines) is 1. The van der Waals surface area contributed by atoms with Gasteiger partial charge in [0, 0.05) is 19.0 Å². The molecule has 1 aromatic heterocycles. The van der Waals surface area contributed by atoms with Gasteiger partial charge in [-0.1, -0.05) is 25.0 Å². The van der Waals surface area contributed by atoms with Crippen molar-refractivity contribution in [2.24, 2.45) is 5.92 Å². The van der Waals surface area contributed by atoms with E-state index in [9.17, 15) is 9.59 Å². The number of hydrogen-bond acceptors (Lipinski definition) is 3. The number of rotatable bonds is 3. The maximum atomic E-state index is 12.4. The molecule has 2 aliphatic rings. The SMILES string of the molecule is O=C(Nc1nc2ccccc2[nH]1)C1CC(=O)N(C2CCCC2)C1. The average Bonchev–Trinajstić information content (AvgIpc) is 3.24. The quantitative estimate of drug-likeness (QED) is 0.913. The molecular weight excluding hydrogens is 292 g/mol. The van der Waals surface area contributed by atoms with Gasteiger partial charge in [0.05, 0.1) is 17.0 Å². The predicted molar refractivity (Wildman–Crippen MR) is 86.8 cm³/mol. The summed E-state index contributed by atoms with van der Waals surface area (Å²) in [7, 11) is 0. The lowest BCUT2D eigenvalue weighted by atomic mass is 10.1. The van der Waals surface area contributed by atoms with Crippen molar-refractivity contribution in [1.82, 2.24) is 14.9 Å². The molecular formula is C17H20N4O2. The third-order valence-corrected chi connectivity index (χ3v) is 4.93. The van der Waals surface area contributed by atoms with E-state index in [1.807, 2.05) is 29.2 Å². The van der Waals surface area contributed by atoms with E-state index in [-0.39, 0.29) is 17.7 Å². The van der Waals surface area contributed by atoms with Crippen LogP contribution in [0.2, 0.25) is 0 Å². The van der Waals surface area contributed by atoms with Crippen LogP contribution in [-0.4, -0.2) is 39.3 Å². The van der Waals surface area contributed by atoms with Crippen molar-refractivity contribution in [3.8, 4) is 0 Å². The van der Waals surface area contributed by atoms with E-state index in [0.717, 1.165) is 23.9 Å². The molecule has 6 nitrogen and oxygen atoms in total. The smallest absolute Gasteiger partial charge is 0.232 e. The monoisotopic (exact) mass is 312 g/mol. The number of para-hydroxylation sites is 2. The minimum Gasteiger partial charge on any atom is -0.339 e. The summed E-state index contributed by atoms with van der Waals surface area (Å²) in [5, 5.41) is 2.82. The molecule has 0 spiro atoms. The van der Waals surface area contributed by atoms with Gasteiger partial charge in [-0.05, 0) is 25.0 Å². The number of aromatic nitrogens is 2. The molecule has 120 valence electrons. The van der Waals surface area contributed by atoms with Gasteiger partial charge in [0.25, 0.3) is 0 Å². The lowest BCUT2D eigenvalue weighted by molar-refractivity contribution is -0.129. The van der Waals surface area contributed by atoms with Crippen LogP contribution in [0, 0.1) is 5.92 Å². The fourth-order valence-electron chi connectivity index (χ4n) is 3.71. The molecule has 1 atom stereocenters. The highest BCUT2D eigenvalue weighted by molar-refractivity contribution is 5.97. The molecule has 1 unspecified atom stereocenters. The summed E-state index contributed by atoms with van der Waals surface area (Å²) < 4.78 is 0. The van der Waals surface area contributed by atoms with Crippen LogP contribution in [0.4, 0.5) is 5.95 Å². The summed E-state index contributed by atoms with van der Waals surface area (Å²) in [5.74, 6) is 0.152. The molecule has 0 bridgehead atoms. The maximum absolute atomic E-state index is 12.4. The summed E-state index contributed by atoms with van der Waals surface area (Å²) in [6, 6.07) is 7.97. The Morgan fingerprint density at radius 2 is 2.04 bits per heavy atom. The van der Waals surface area contributed by atoms with Gasteiger partial charge in [-0.2, -0.15) is 0 Å².